The second-order valence-electron chi connectivity index (χ2n) is 5.74. The molecule has 1 rings (SSSR count). The summed E-state index contributed by atoms with van der Waals surface area (Å²) in [5.74, 6) is -0.206. The van der Waals surface area contributed by atoms with Gasteiger partial charge in [-0.15, -0.1) is 0 Å². The number of hydrogen-bond donors (Lipinski definition) is 2. The van der Waals surface area contributed by atoms with Crippen LogP contribution in [0.3, 0.4) is 0 Å². The van der Waals surface area contributed by atoms with Crippen molar-refractivity contribution >= 4 is 5.91 Å². The number of nitrogens with zero attached hydrogens (tertiary/aromatic N) is 2. The van der Waals surface area contributed by atoms with Crippen LogP contribution in [0.5, 0.6) is 0 Å². The van der Waals surface area contributed by atoms with E-state index >= 15 is 0 Å². The van der Waals surface area contributed by atoms with Gasteiger partial charge in [-0.25, -0.2) is 0 Å². The summed E-state index contributed by atoms with van der Waals surface area (Å²) < 4.78 is 1.63. The predicted molar refractivity (Wildman–Crippen MR) is 72.5 cm³/mol. The average Bonchev–Trinajstić information content (AvgIpc) is 2.66. The molecule has 5 heteroatoms. The van der Waals surface area contributed by atoms with Gasteiger partial charge in [0.2, 0.25) is 0 Å². The largest absolute Gasteiger partial charge is 0.393 e. The van der Waals surface area contributed by atoms with Crippen molar-refractivity contribution in [1.82, 2.24) is 9.88 Å². The Morgan fingerprint density at radius 2 is 2.26 bits per heavy atom. The van der Waals surface area contributed by atoms with E-state index in [1.165, 1.54) is 0 Å². The lowest BCUT2D eigenvalue weighted by atomic mass is 9.87. The highest BCUT2D eigenvalue weighted by Crippen LogP contribution is 2.21. The summed E-state index contributed by atoms with van der Waals surface area (Å²) in [4.78, 5) is 12.0. The van der Waals surface area contributed by atoms with Gasteiger partial charge in [-0.1, -0.05) is 13.8 Å². The van der Waals surface area contributed by atoms with Gasteiger partial charge in [-0.05, 0) is 24.8 Å². The number of nitrogens with one attached hydrogen (secondary N) is 1. The number of aryl methyl sites for hydroxylation is 1. The number of rotatable bonds is 5. The second-order valence-corrected chi connectivity index (χ2v) is 5.74. The molecule has 5 nitrogen and oxygen atoms in total. The molecule has 0 aliphatic heterocycles. The normalized spacial score (nSPS) is 12.8. The minimum absolute atomic E-state index is 0.174. The summed E-state index contributed by atoms with van der Waals surface area (Å²) in [6.07, 6.45) is 1.84. The molecule has 19 heavy (non-hydrogen) atoms. The van der Waals surface area contributed by atoms with E-state index in [0.717, 1.165) is 0 Å². The Kier molecular flexibility index (Phi) is 4.73. The third-order valence-electron chi connectivity index (χ3n) is 2.94. The van der Waals surface area contributed by atoms with Crippen LogP contribution in [0.4, 0.5) is 0 Å². The molecule has 0 bridgehead atoms. The first-order valence-electron chi connectivity index (χ1n) is 6.28. The van der Waals surface area contributed by atoms with E-state index in [2.05, 4.69) is 5.32 Å². The Hall–Kier alpha value is -1.80. The molecular weight excluding hydrogens is 242 g/mol. The molecule has 0 radical (unpaired) electrons. The van der Waals surface area contributed by atoms with Crippen LogP contribution in [0.2, 0.25) is 0 Å². The first kappa shape index (κ1) is 15.3. The summed E-state index contributed by atoms with van der Waals surface area (Å²) in [6.45, 7) is 6.20. The second kappa shape index (κ2) is 5.89. The fourth-order valence-electron chi connectivity index (χ4n) is 2.13. The van der Waals surface area contributed by atoms with Crippen molar-refractivity contribution in [2.24, 2.45) is 12.5 Å². The molecule has 0 aliphatic rings. The number of amides is 1. The molecule has 1 atom stereocenters. The van der Waals surface area contributed by atoms with Crippen molar-refractivity contribution in [3.8, 4) is 6.07 Å². The van der Waals surface area contributed by atoms with E-state index in [0.29, 0.717) is 24.2 Å². The van der Waals surface area contributed by atoms with Gasteiger partial charge >= 0.3 is 0 Å². The molecule has 1 amide bonds. The third-order valence-corrected chi connectivity index (χ3v) is 2.94. The molecule has 1 heterocycles. The van der Waals surface area contributed by atoms with Crippen molar-refractivity contribution in [3.63, 3.8) is 0 Å². The van der Waals surface area contributed by atoms with Crippen molar-refractivity contribution in [2.45, 2.75) is 33.3 Å². The fraction of sp³-hybridized carbons (Fsp3) is 0.571. The van der Waals surface area contributed by atoms with Crippen LogP contribution in [-0.4, -0.2) is 28.2 Å². The third kappa shape index (κ3) is 4.42. The number of hydrogen-bond acceptors (Lipinski definition) is 3. The zero-order valence-corrected chi connectivity index (χ0v) is 11.9. The maximum atomic E-state index is 12.0. The van der Waals surface area contributed by atoms with Gasteiger partial charge in [-0.2, -0.15) is 5.26 Å². The number of carbonyl (C=O) groups excluding carboxylic acids is 1. The minimum atomic E-state index is -0.396. The van der Waals surface area contributed by atoms with Gasteiger partial charge in [0.05, 0.1) is 11.7 Å². The van der Waals surface area contributed by atoms with E-state index in [1.54, 1.807) is 30.8 Å². The van der Waals surface area contributed by atoms with Crippen LogP contribution in [0.15, 0.2) is 12.3 Å². The first-order valence-corrected chi connectivity index (χ1v) is 6.28. The molecule has 1 aromatic rings. The lowest BCUT2D eigenvalue weighted by Gasteiger charge is -2.26. The van der Waals surface area contributed by atoms with E-state index < -0.39 is 6.10 Å². The van der Waals surface area contributed by atoms with Crippen LogP contribution in [0.25, 0.3) is 0 Å². The quantitative estimate of drug-likeness (QED) is 0.843. The lowest BCUT2D eigenvalue weighted by molar-refractivity contribution is 0.0894. The van der Waals surface area contributed by atoms with E-state index in [1.807, 2.05) is 19.9 Å². The Balaban J connectivity index is 2.65. The molecule has 0 aliphatic carbocycles. The number of nitriles is 1. The van der Waals surface area contributed by atoms with E-state index in [4.69, 9.17) is 5.26 Å². The molecule has 0 saturated heterocycles. The van der Waals surface area contributed by atoms with Gasteiger partial charge < -0.3 is 15.0 Å². The lowest BCUT2D eigenvalue weighted by Crippen LogP contribution is -2.36. The van der Waals surface area contributed by atoms with Gasteiger partial charge in [0.25, 0.3) is 5.91 Å². The van der Waals surface area contributed by atoms with Gasteiger partial charge in [-0.3, -0.25) is 4.79 Å². The van der Waals surface area contributed by atoms with Gasteiger partial charge in [0, 0.05) is 19.8 Å². The zero-order chi connectivity index (χ0) is 14.6. The summed E-state index contributed by atoms with van der Waals surface area (Å²) >= 11 is 0. The Bertz CT molecular complexity index is 495. The molecule has 0 saturated carbocycles. The molecule has 0 fully saturated rings. The predicted octanol–water partition coefficient (Wildman–Crippen LogP) is 1.42. The molecule has 1 aromatic heterocycles. The van der Waals surface area contributed by atoms with Crippen LogP contribution in [-0.2, 0) is 7.05 Å². The van der Waals surface area contributed by atoms with E-state index in [9.17, 15) is 9.90 Å². The van der Waals surface area contributed by atoms with Crippen molar-refractivity contribution in [1.29, 1.82) is 5.26 Å². The van der Waals surface area contributed by atoms with Crippen molar-refractivity contribution < 1.29 is 9.90 Å². The number of aliphatic hydroxyl groups excluding tert-OH is 1. The highest BCUT2D eigenvalue weighted by Gasteiger charge is 2.22. The van der Waals surface area contributed by atoms with Crippen LogP contribution in [0.1, 0.15) is 43.2 Å². The molecule has 0 aromatic carbocycles. The topological polar surface area (TPSA) is 78.1 Å². The Labute approximate surface area is 113 Å². The Morgan fingerprint density at radius 1 is 1.63 bits per heavy atom. The van der Waals surface area contributed by atoms with Crippen molar-refractivity contribution in [2.75, 3.05) is 6.54 Å². The summed E-state index contributed by atoms with van der Waals surface area (Å²) in [5, 5.41) is 21.0. The number of aromatic nitrogens is 1. The van der Waals surface area contributed by atoms with Gasteiger partial charge in [0.1, 0.15) is 11.8 Å². The zero-order valence-electron chi connectivity index (χ0n) is 11.9. The average molecular weight is 263 g/mol. The standard InChI is InChI=1S/C14H21N3O2/c1-10(18)6-14(2,3)9-16-13(19)12-5-11(7-15)8-17(12)4/h5,8,10,18H,6,9H2,1-4H3,(H,16,19). The van der Waals surface area contributed by atoms with Crippen LogP contribution >= 0.6 is 0 Å². The van der Waals surface area contributed by atoms with Crippen LogP contribution in [0, 0.1) is 16.7 Å². The SMILES string of the molecule is CC(O)CC(C)(C)CNC(=O)c1cc(C#N)cn1C. The highest BCUT2D eigenvalue weighted by atomic mass is 16.3. The molecule has 1 unspecified atom stereocenters. The maximum absolute atomic E-state index is 12.0. The number of aliphatic hydroxyl groups is 1. The first-order chi connectivity index (χ1) is 8.75. The monoisotopic (exact) mass is 263 g/mol. The fourth-order valence-corrected chi connectivity index (χ4v) is 2.13. The van der Waals surface area contributed by atoms with Crippen molar-refractivity contribution in [3.05, 3.63) is 23.5 Å². The molecule has 0 spiro atoms. The van der Waals surface area contributed by atoms with E-state index in [-0.39, 0.29) is 11.3 Å². The minimum Gasteiger partial charge on any atom is -0.393 e. The van der Waals surface area contributed by atoms with Crippen LogP contribution < -0.4 is 5.32 Å². The molecular formula is C14H21N3O2. The maximum Gasteiger partial charge on any atom is 0.267 e. The summed E-state index contributed by atoms with van der Waals surface area (Å²) in [6, 6.07) is 3.57. The molecule has 104 valence electrons. The molecule has 2 N–H and O–H groups in total. The van der Waals surface area contributed by atoms with Gasteiger partial charge in [0.15, 0.2) is 0 Å². The summed E-state index contributed by atoms with van der Waals surface area (Å²) in [7, 11) is 1.73. The smallest absolute Gasteiger partial charge is 0.267 e. The summed E-state index contributed by atoms with van der Waals surface area (Å²) in [5.41, 5.74) is 0.757. The Morgan fingerprint density at radius 3 is 2.74 bits per heavy atom. The highest BCUT2D eigenvalue weighted by molar-refractivity contribution is 5.93. The number of carbonyl (C=O) groups is 1.